The molecule has 0 saturated carbocycles. The van der Waals surface area contributed by atoms with E-state index in [4.69, 9.17) is 0 Å². The topological polar surface area (TPSA) is 17.1 Å². The molecule has 0 aromatic rings. The molecule has 0 atom stereocenters. The quantitative estimate of drug-likeness (QED) is 0.479. The van der Waals surface area contributed by atoms with E-state index in [2.05, 4.69) is 28.6 Å². The average molecular weight is 169 g/mol. The van der Waals surface area contributed by atoms with E-state index in [-0.39, 0.29) is 5.78 Å². The summed E-state index contributed by atoms with van der Waals surface area (Å²) in [6.07, 6.45) is 0. The Morgan fingerprint density at radius 2 is 2.33 bits per heavy atom. The van der Waals surface area contributed by atoms with E-state index in [9.17, 15) is 4.79 Å². The lowest BCUT2D eigenvalue weighted by Crippen LogP contribution is -1.98. The molecule has 0 aliphatic carbocycles. The molecule has 0 aromatic carbocycles. The first-order valence-corrected chi connectivity index (χ1v) is 3.25. The molecule has 0 radical (unpaired) electrons. The van der Waals surface area contributed by atoms with Crippen LogP contribution in [0, 0.1) is 0 Å². The second kappa shape index (κ2) is 3.68. The van der Waals surface area contributed by atoms with Crippen LogP contribution >= 0.6 is 28.6 Å². The standard InChI is InChI=1S/C3H5BrOS/c4-1-3(5)2-6/h6H,1-2H2. The third-order valence-electron chi connectivity index (χ3n) is 0.325. The second-order valence-electron chi connectivity index (χ2n) is 0.830. The molecule has 0 saturated heterocycles. The fourth-order valence-corrected chi connectivity index (χ4v) is 0.659. The van der Waals surface area contributed by atoms with Gasteiger partial charge in [-0.15, -0.1) is 0 Å². The van der Waals surface area contributed by atoms with E-state index in [1.165, 1.54) is 0 Å². The first-order chi connectivity index (χ1) is 2.81. The van der Waals surface area contributed by atoms with Crippen LogP contribution in [0.1, 0.15) is 0 Å². The number of hydrogen-bond acceptors (Lipinski definition) is 2. The third kappa shape index (κ3) is 2.72. The molecule has 0 unspecified atom stereocenters. The Morgan fingerprint density at radius 3 is 2.33 bits per heavy atom. The molecule has 6 heavy (non-hydrogen) atoms. The summed E-state index contributed by atoms with van der Waals surface area (Å²) < 4.78 is 0. The van der Waals surface area contributed by atoms with E-state index >= 15 is 0 Å². The monoisotopic (exact) mass is 168 g/mol. The zero-order valence-electron chi connectivity index (χ0n) is 3.15. The third-order valence-corrected chi connectivity index (χ3v) is 1.30. The lowest BCUT2D eigenvalue weighted by molar-refractivity contribution is -0.114. The van der Waals surface area contributed by atoms with Crippen molar-refractivity contribution in [3.8, 4) is 0 Å². The van der Waals surface area contributed by atoms with E-state index in [0.29, 0.717) is 11.1 Å². The van der Waals surface area contributed by atoms with Crippen LogP contribution in [0.4, 0.5) is 0 Å². The smallest absolute Gasteiger partial charge is 0.152 e. The number of rotatable bonds is 2. The first-order valence-electron chi connectivity index (χ1n) is 1.49. The van der Waals surface area contributed by atoms with Gasteiger partial charge in [-0.25, -0.2) is 0 Å². The van der Waals surface area contributed by atoms with Crippen molar-refractivity contribution < 1.29 is 4.79 Å². The molecule has 1 nitrogen and oxygen atoms in total. The van der Waals surface area contributed by atoms with Gasteiger partial charge in [-0.05, 0) is 0 Å². The van der Waals surface area contributed by atoms with Crippen LogP contribution in [-0.2, 0) is 4.79 Å². The van der Waals surface area contributed by atoms with Crippen LogP contribution in [-0.4, -0.2) is 16.9 Å². The summed E-state index contributed by atoms with van der Waals surface area (Å²) in [6, 6.07) is 0. The maximum atomic E-state index is 10.1. The minimum Gasteiger partial charge on any atom is -0.298 e. The van der Waals surface area contributed by atoms with Crippen LogP contribution in [0.2, 0.25) is 0 Å². The summed E-state index contributed by atoms with van der Waals surface area (Å²) in [7, 11) is 0. The van der Waals surface area contributed by atoms with Crippen molar-refractivity contribution in [1.29, 1.82) is 0 Å². The van der Waals surface area contributed by atoms with Crippen LogP contribution in [0.5, 0.6) is 0 Å². The van der Waals surface area contributed by atoms with Crippen LogP contribution in [0.15, 0.2) is 0 Å². The zero-order chi connectivity index (χ0) is 4.99. The molecule has 0 N–H and O–H groups in total. The van der Waals surface area contributed by atoms with Gasteiger partial charge in [-0.1, -0.05) is 15.9 Å². The fraction of sp³-hybridized carbons (Fsp3) is 0.667. The molecule has 0 aliphatic rings. The second-order valence-corrected chi connectivity index (χ2v) is 1.71. The van der Waals surface area contributed by atoms with Gasteiger partial charge in [0.25, 0.3) is 0 Å². The maximum Gasteiger partial charge on any atom is 0.152 e. The Hall–Kier alpha value is 0.500. The summed E-state index contributed by atoms with van der Waals surface area (Å²) in [6.45, 7) is 0. The highest BCUT2D eigenvalue weighted by Crippen LogP contribution is 1.83. The number of thiol groups is 1. The Labute approximate surface area is 50.7 Å². The molecule has 0 aromatic heterocycles. The van der Waals surface area contributed by atoms with Gasteiger partial charge >= 0.3 is 0 Å². The molecule has 0 heterocycles. The number of ketones is 1. The van der Waals surface area contributed by atoms with Crippen LogP contribution in [0.25, 0.3) is 0 Å². The number of alkyl halides is 1. The van der Waals surface area contributed by atoms with E-state index in [1.54, 1.807) is 0 Å². The van der Waals surface area contributed by atoms with E-state index in [1.807, 2.05) is 0 Å². The maximum absolute atomic E-state index is 10.1. The molecule has 0 spiro atoms. The van der Waals surface area contributed by atoms with Gasteiger partial charge in [-0.3, -0.25) is 4.79 Å². The Bertz CT molecular complexity index is 48.8. The minimum absolute atomic E-state index is 0.123. The highest BCUT2D eigenvalue weighted by molar-refractivity contribution is 9.09. The van der Waals surface area contributed by atoms with Crippen molar-refractivity contribution in [3.63, 3.8) is 0 Å². The minimum atomic E-state index is 0.123. The van der Waals surface area contributed by atoms with Gasteiger partial charge in [0.05, 0.1) is 11.1 Å². The van der Waals surface area contributed by atoms with Crippen LogP contribution < -0.4 is 0 Å². The Balaban J connectivity index is 2.99. The van der Waals surface area contributed by atoms with Gasteiger partial charge in [0.15, 0.2) is 5.78 Å². The number of hydrogen-bond donors (Lipinski definition) is 1. The fourth-order valence-electron chi connectivity index (χ4n) is 0.0423. The van der Waals surface area contributed by atoms with E-state index in [0.717, 1.165) is 0 Å². The summed E-state index contributed by atoms with van der Waals surface area (Å²) in [5.74, 6) is 0.462. The summed E-state index contributed by atoms with van der Waals surface area (Å²) in [5.41, 5.74) is 0. The zero-order valence-corrected chi connectivity index (χ0v) is 5.63. The van der Waals surface area contributed by atoms with E-state index < -0.39 is 0 Å². The van der Waals surface area contributed by atoms with Gasteiger partial charge < -0.3 is 0 Å². The summed E-state index contributed by atoms with van der Waals surface area (Å²) in [5, 5.41) is 0.427. The highest BCUT2D eigenvalue weighted by Gasteiger charge is 1.89. The van der Waals surface area contributed by atoms with Gasteiger partial charge in [-0.2, -0.15) is 12.6 Å². The first kappa shape index (κ1) is 6.50. The molecule has 0 bridgehead atoms. The Kier molecular flexibility index (Phi) is 3.99. The number of halogens is 1. The average Bonchev–Trinajstić information content (AvgIpc) is 1.65. The molecule has 0 fully saturated rings. The van der Waals surface area contributed by atoms with Crippen molar-refractivity contribution in [3.05, 3.63) is 0 Å². The van der Waals surface area contributed by atoms with Crippen molar-refractivity contribution in [2.45, 2.75) is 0 Å². The largest absolute Gasteiger partial charge is 0.298 e. The summed E-state index contributed by atoms with van der Waals surface area (Å²) >= 11 is 6.69. The number of carbonyl (C=O) groups is 1. The SMILES string of the molecule is O=C(CS)CBr. The molecule has 36 valence electrons. The van der Waals surface area contributed by atoms with Crippen LogP contribution in [0.3, 0.4) is 0 Å². The molecule has 0 rings (SSSR count). The predicted molar refractivity (Wildman–Crippen MR) is 32.7 cm³/mol. The van der Waals surface area contributed by atoms with Crippen molar-refractivity contribution in [2.75, 3.05) is 11.1 Å². The molecule has 0 aliphatic heterocycles. The normalized spacial score (nSPS) is 8.33. The molecule has 3 heteroatoms. The van der Waals surface area contributed by atoms with Gasteiger partial charge in [0.2, 0.25) is 0 Å². The number of carbonyl (C=O) groups excluding carboxylic acids is 1. The Morgan fingerprint density at radius 1 is 1.83 bits per heavy atom. The molecule has 0 amide bonds. The highest BCUT2D eigenvalue weighted by atomic mass is 79.9. The van der Waals surface area contributed by atoms with Crippen molar-refractivity contribution in [2.24, 2.45) is 0 Å². The lowest BCUT2D eigenvalue weighted by atomic mass is 10.5. The number of Topliss-reactive ketones (excluding diaryl/α,β-unsaturated/α-hetero) is 1. The molecular formula is C3H5BrOS. The van der Waals surface area contributed by atoms with Crippen molar-refractivity contribution >= 4 is 34.3 Å². The van der Waals surface area contributed by atoms with Crippen molar-refractivity contribution in [1.82, 2.24) is 0 Å². The molecular weight excluding hydrogens is 164 g/mol. The van der Waals surface area contributed by atoms with Gasteiger partial charge in [0, 0.05) is 0 Å². The lowest BCUT2D eigenvalue weighted by Gasteiger charge is -1.79. The predicted octanol–water partition coefficient (Wildman–Crippen LogP) is 0.880. The van der Waals surface area contributed by atoms with Gasteiger partial charge in [0.1, 0.15) is 0 Å². The summed E-state index contributed by atoms with van der Waals surface area (Å²) in [4.78, 5) is 10.1.